The lowest BCUT2D eigenvalue weighted by molar-refractivity contribution is -0.139. The number of rotatable bonds is 6. The molecule has 0 radical (unpaired) electrons. The first-order chi connectivity index (χ1) is 18.9. The van der Waals surface area contributed by atoms with Gasteiger partial charge in [-0.2, -0.15) is 5.26 Å². The Labute approximate surface area is 226 Å². The number of fused-ring (bicyclic) bond motifs is 1. The predicted octanol–water partition coefficient (Wildman–Crippen LogP) is 6.14. The third-order valence-electron chi connectivity index (χ3n) is 7.68. The molecule has 5 nitrogen and oxygen atoms in total. The van der Waals surface area contributed by atoms with Gasteiger partial charge < -0.3 is 14.5 Å². The fourth-order valence-corrected chi connectivity index (χ4v) is 5.65. The van der Waals surface area contributed by atoms with Crippen LogP contribution in [0.1, 0.15) is 24.0 Å². The number of ether oxygens (including phenoxy) is 1. The molecule has 1 saturated heterocycles. The van der Waals surface area contributed by atoms with Crippen LogP contribution in [0.25, 0.3) is 10.8 Å². The average Bonchev–Trinajstić information content (AvgIpc) is 2.98. The van der Waals surface area contributed by atoms with Gasteiger partial charge in [-0.05, 0) is 41.5 Å². The van der Waals surface area contributed by atoms with Crippen LogP contribution in [0.2, 0.25) is 0 Å². The summed E-state index contributed by atoms with van der Waals surface area (Å²) in [6.45, 7) is 2.88. The summed E-state index contributed by atoms with van der Waals surface area (Å²) in [5.74, 6) is -2.15. The normalized spacial score (nSPS) is 15.9. The maximum Gasteiger partial charge on any atom is 0.243 e. The van der Waals surface area contributed by atoms with Crippen molar-refractivity contribution in [3.8, 4) is 11.8 Å². The molecule has 198 valence electrons. The van der Waals surface area contributed by atoms with Crippen LogP contribution in [0.5, 0.6) is 5.75 Å². The number of amides is 1. The fraction of sp³-hybridized carbons (Fsp3) is 0.250. The van der Waals surface area contributed by atoms with Crippen molar-refractivity contribution in [1.82, 2.24) is 4.90 Å². The van der Waals surface area contributed by atoms with Crippen molar-refractivity contribution in [3.63, 3.8) is 0 Å². The first-order valence-electron chi connectivity index (χ1n) is 12.9. The van der Waals surface area contributed by atoms with Crippen molar-refractivity contribution in [3.05, 3.63) is 108 Å². The predicted molar refractivity (Wildman–Crippen MR) is 148 cm³/mol. The summed E-state index contributed by atoms with van der Waals surface area (Å²) in [6, 6.07) is 27.8. The number of benzene rings is 4. The molecule has 39 heavy (non-hydrogen) atoms. The molecule has 0 spiro atoms. The third kappa shape index (κ3) is 4.67. The van der Waals surface area contributed by atoms with Crippen LogP contribution in [0.4, 0.5) is 14.5 Å². The summed E-state index contributed by atoms with van der Waals surface area (Å²) in [5.41, 5.74) is 0.294. The standard InChI is InChI=1S/C32H29F2N3O2/c1-32(21-35,31(38)37-19-17-36(18-20-37)27-15-8-14-26(33)30(27)34)29(25-12-5-6-16-28(25)39-2)24-13-7-10-22-9-3-4-11-23(22)24/h3-16,29H,17-20H2,1-2H3/t29?,32-/m1/s1. The van der Waals surface area contributed by atoms with Gasteiger partial charge in [0.2, 0.25) is 5.91 Å². The number of carbonyl (C=O) groups excluding carboxylic acids is 1. The Morgan fingerprint density at radius 1 is 0.897 bits per heavy atom. The second kappa shape index (κ2) is 10.7. The number of methoxy groups -OCH3 is 1. The number of nitriles is 1. The van der Waals surface area contributed by atoms with Crippen molar-refractivity contribution in [2.75, 3.05) is 38.2 Å². The zero-order valence-electron chi connectivity index (χ0n) is 21.9. The quantitative estimate of drug-likeness (QED) is 0.304. The molecule has 4 aromatic carbocycles. The van der Waals surface area contributed by atoms with E-state index in [1.807, 2.05) is 66.7 Å². The summed E-state index contributed by atoms with van der Waals surface area (Å²) >= 11 is 0. The minimum atomic E-state index is -1.48. The highest BCUT2D eigenvalue weighted by Crippen LogP contribution is 2.47. The zero-order valence-corrected chi connectivity index (χ0v) is 21.9. The molecule has 1 fully saturated rings. The smallest absolute Gasteiger partial charge is 0.243 e. The van der Waals surface area contributed by atoms with Crippen molar-refractivity contribution < 1.29 is 18.3 Å². The largest absolute Gasteiger partial charge is 0.496 e. The molecule has 4 aromatic rings. The third-order valence-corrected chi connectivity index (χ3v) is 7.68. The van der Waals surface area contributed by atoms with Crippen molar-refractivity contribution in [2.24, 2.45) is 5.41 Å². The molecule has 1 heterocycles. The van der Waals surface area contributed by atoms with Crippen molar-refractivity contribution in [1.29, 1.82) is 5.26 Å². The number of hydrogen-bond donors (Lipinski definition) is 0. The highest BCUT2D eigenvalue weighted by Gasteiger charge is 2.47. The van der Waals surface area contributed by atoms with Crippen molar-refractivity contribution >= 4 is 22.4 Å². The van der Waals surface area contributed by atoms with E-state index in [9.17, 15) is 18.8 Å². The second-order valence-electron chi connectivity index (χ2n) is 9.91. The molecule has 1 aliphatic heterocycles. The molecular formula is C32H29F2N3O2. The van der Waals surface area contributed by atoms with Crippen LogP contribution >= 0.6 is 0 Å². The summed E-state index contributed by atoms with van der Waals surface area (Å²) in [5, 5.41) is 12.6. The van der Waals surface area contributed by atoms with Gasteiger partial charge in [0, 0.05) is 37.7 Å². The second-order valence-corrected chi connectivity index (χ2v) is 9.91. The summed E-state index contributed by atoms with van der Waals surface area (Å²) in [6.07, 6.45) is 0. The van der Waals surface area contributed by atoms with Crippen LogP contribution < -0.4 is 9.64 Å². The average molecular weight is 526 g/mol. The van der Waals surface area contributed by atoms with E-state index in [1.165, 1.54) is 12.1 Å². The minimum absolute atomic E-state index is 0.174. The molecule has 1 aliphatic rings. The van der Waals surface area contributed by atoms with E-state index in [0.717, 1.165) is 28.0 Å². The van der Waals surface area contributed by atoms with E-state index in [1.54, 1.807) is 23.8 Å². The van der Waals surface area contributed by atoms with Gasteiger partial charge in [0.15, 0.2) is 11.6 Å². The highest BCUT2D eigenvalue weighted by molar-refractivity contribution is 5.91. The number of piperazine rings is 1. The Morgan fingerprint density at radius 3 is 2.28 bits per heavy atom. The number of carbonyl (C=O) groups is 1. The Morgan fingerprint density at radius 2 is 1.54 bits per heavy atom. The van der Waals surface area contributed by atoms with Gasteiger partial charge in [-0.3, -0.25) is 4.79 Å². The lowest BCUT2D eigenvalue weighted by Gasteiger charge is -2.41. The van der Waals surface area contributed by atoms with Crippen LogP contribution in [0.15, 0.2) is 84.9 Å². The lowest BCUT2D eigenvalue weighted by atomic mass is 9.68. The molecule has 1 amide bonds. The first-order valence-corrected chi connectivity index (χ1v) is 12.9. The lowest BCUT2D eigenvalue weighted by Crippen LogP contribution is -2.54. The summed E-state index contributed by atoms with van der Waals surface area (Å²) < 4.78 is 33.9. The topological polar surface area (TPSA) is 56.6 Å². The van der Waals surface area contributed by atoms with E-state index < -0.39 is 23.0 Å². The van der Waals surface area contributed by atoms with E-state index >= 15 is 0 Å². The first kappa shape index (κ1) is 26.2. The molecule has 5 rings (SSSR count). The fourth-order valence-electron chi connectivity index (χ4n) is 5.65. The maximum atomic E-state index is 14.4. The molecule has 1 unspecified atom stereocenters. The molecule has 7 heteroatoms. The Hall–Kier alpha value is -4.44. The van der Waals surface area contributed by atoms with Crippen LogP contribution in [-0.2, 0) is 4.79 Å². The van der Waals surface area contributed by atoms with E-state index in [0.29, 0.717) is 18.8 Å². The van der Waals surface area contributed by atoms with Gasteiger partial charge in [0.25, 0.3) is 0 Å². The minimum Gasteiger partial charge on any atom is -0.496 e. The Bertz CT molecular complexity index is 1550. The molecule has 2 atom stereocenters. The van der Waals surface area contributed by atoms with Crippen LogP contribution in [-0.4, -0.2) is 44.1 Å². The highest BCUT2D eigenvalue weighted by atomic mass is 19.2. The van der Waals surface area contributed by atoms with Crippen LogP contribution in [0, 0.1) is 28.4 Å². The van der Waals surface area contributed by atoms with Gasteiger partial charge in [-0.25, -0.2) is 8.78 Å². The Kier molecular flexibility index (Phi) is 7.21. The molecule has 0 aliphatic carbocycles. The van der Waals surface area contributed by atoms with Crippen molar-refractivity contribution in [2.45, 2.75) is 12.8 Å². The van der Waals surface area contributed by atoms with Gasteiger partial charge in [0.1, 0.15) is 11.2 Å². The molecule has 0 aromatic heterocycles. The number of para-hydroxylation sites is 1. The summed E-state index contributed by atoms with van der Waals surface area (Å²) in [7, 11) is 1.58. The number of hydrogen-bond acceptors (Lipinski definition) is 4. The van der Waals surface area contributed by atoms with E-state index in [4.69, 9.17) is 4.74 Å². The molecule has 0 bridgehead atoms. The number of anilines is 1. The summed E-state index contributed by atoms with van der Waals surface area (Å²) in [4.78, 5) is 17.6. The zero-order chi connectivity index (χ0) is 27.6. The van der Waals surface area contributed by atoms with Gasteiger partial charge >= 0.3 is 0 Å². The number of halogens is 2. The molecular weight excluding hydrogens is 496 g/mol. The molecule has 0 saturated carbocycles. The van der Waals surface area contributed by atoms with Gasteiger partial charge in [0.05, 0.1) is 18.9 Å². The SMILES string of the molecule is COc1ccccc1C(c1cccc2ccccc12)[C@@](C)(C#N)C(=O)N1CCN(c2cccc(F)c2F)CC1. The van der Waals surface area contributed by atoms with E-state index in [-0.39, 0.29) is 24.7 Å². The number of nitrogens with zero attached hydrogens (tertiary/aromatic N) is 3. The van der Waals surface area contributed by atoms with Crippen LogP contribution in [0.3, 0.4) is 0 Å². The maximum absolute atomic E-state index is 14.4. The Balaban J connectivity index is 1.54. The monoisotopic (exact) mass is 525 g/mol. The van der Waals surface area contributed by atoms with Gasteiger partial charge in [-0.15, -0.1) is 0 Å². The molecule has 0 N–H and O–H groups in total. The van der Waals surface area contributed by atoms with E-state index in [2.05, 4.69) is 6.07 Å². The van der Waals surface area contributed by atoms with Gasteiger partial charge in [-0.1, -0.05) is 66.7 Å².